The molecule has 2 heterocycles. The molecule has 0 bridgehead atoms. The standard InChI is InChI=1S/C39H64O6Si2/c1-27-19-21-39(29(3)23-28(2)35(42-39)20-22-41-32-17-15-31(40-10)16-18-32)43-36(27)30-24-33(44-46(11,12)37(4,5)6)26-34(25-30)45-47(13,14)38(7,8)9/h15-18,24-29,35-36H,19-23H2,1-14H3/t27-,28-,29-,35+,36-,39+/m0/s1. The van der Waals surface area contributed by atoms with Gasteiger partial charge in [-0.3, -0.25) is 0 Å². The van der Waals surface area contributed by atoms with E-state index < -0.39 is 22.4 Å². The second-order valence-corrected chi connectivity index (χ2v) is 26.9. The van der Waals surface area contributed by atoms with Gasteiger partial charge in [0.25, 0.3) is 0 Å². The molecule has 4 rings (SSSR count). The molecule has 2 aliphatic rings. The molecule has 2 aromatic carbocycles. The molecule has 2 aliphatic heterocycles. The van der Waals surface area contributed by atoms with Crippen molar-refractivity contribution in [3.63, 3.8) is 0 Å². The molecule has 264 valence electrons. The summed E-state index contributed by atoms with van der Waals surface area (Å²) in [5, 5.41) is 0.159. The van der Waals surface area contributed by atoms with E-state index >= 15 is 0 Å². The summed E-state index contributed by atoms with van der Waals surface area (Å²) in [6.45, 7) is 30.4. The topological polar surface area (TPSA) is 55.4 Å². The van der Waals surface area contributed by atoms with E-state index in [2.05, 4.69) is 107 Å². The van der Waals surface area contributed by atoms with Crippen LogP contribution in [0.15, 0.2) is 42.5 Å². The molecule has 6 atom stereocenters. The van der Waals surface area contributed by atoms with Crippen LogP contribution in [0.4, 0.5) is 0 Å². The molecule has 0 aromatic heterocycles. The number of benzene rings is 2. The van der Waals surface area contributed by atoms with Crippen LogP contribution >= 0.6 is 0 Å². The molecule has 2 aromatic rings. The Morgan fingerprint density at radius 1 is 0.745 bits per heavy atom. The number of ether oxygens (including phenoxy) is 4. The highest BCUT2D eigenvalue weighted by atomic mass is 28.4. The fourth-order valence-electron chi connectivity index (χ4n) is 6.27. The fourth-order valence-corrected chi connectivity index (χ4v) is 8.30. The van der Waals surface area contributed by atoms with E-state index in [1.165, 1.54) is 0 Å². The molecule has 47 heavy (non-hydrogen) atoms. The van der Waals surface area contributed by atoms with Gasteiger partial charge in [0.1, 0.15) is 23.0 Å². The molecule has 0 N–H and O–H groups in total. The van der Waals surface area contributed by atoms with E-state index in [4.69, 9.17) is 27.8 Å². The van der Waals surface area contributed by atoms with E-state index in [1.807, 2.05) is 24.3 Å². The highest BCUT2D eigenvalue weighted by Gasteiger charge is 2.51. The minimum atomic E-state index is -2.09. The minimum absolute atomic E-state index is 0.0595. The van der Waals surface area contributed by atoms with Crippen molar-refractivity contribution in [3.05, 3.63) is 48.0 Å². The average molecular weight is 685 g/mol. The van der Waals surface area contributed by atoms with E-state index in [0.717, 1.165) is 54.2 Å². The molecule has 0 amide bonds. The maximum Gasteiger partial charge on any atom is 0.250 e. The molecule has 0 saturated carbocycles. The largest absolute Gasteiger partial charge is 0.543 e. The Kier molecular flexibility index (Phi) is 11.3. The fraction of sp³-hybridized carbons (Fsp3) is 0.692. The molecule has 2 fully saturated rings. The lowest BCUT2D eigenvalue weighted by molar-refractivity contribution is -0.355. The van der Waals surface area contributed by atoms with Gasteiger partial charge in [-0.05, 0) is 103 Å². The van der Waals surface area contributed by atoms with E-state index in [9.17, 15) is 0 Å². The van der Waals surface area contributed by atoms with Crippen LogP contribution in [-0.2, 0) is 9.47 Å². The number of methoxy groups -OCH3 is 1. The van der Waals surface area contributed by atoms with Crippen molar-refractivity contribution in [2.45, 2.75) is 142 Å². The summed E-state index contributed by atoms with van der Waals surface area (Å²) >= 11 is 0. The second-order valence-electron chi connectivity index (χ2n) is 17.4. The van der Waals surface area contributed by atoms with Crippen LogP contribution in [0, 0.1) is 17.8 Å². The molecular formula is C39H64O6Si2. The third-order valence-corrected chi connectivity index (χ3v) is 20.3. The molecule has 1 spiro atoms. The number of hydrogen-bond acceptors (Lipinski definition) is 6. The maximum atomic E-state index is 7.23. The van der Waals surface area contributed by atoms with Crippen LogP contribution in [0.1, 0.15) is 99.7 Å². The summed E-state index contributed by atoms with van der Waals surface area (Å²) in [5.41, 5.74) is 1.12. The Hall–Kier alpha value is -2.01. The number of rotatable bonds is 10. The van der Waals surface area contributed by atoms with Crippen molar-refractivity contribution in [2.75, 3.05) is 13.7 Å². The van der Waals surface area contributed by atoms with Gasteiger partial charge in [-0.1, -0.05) is 62.3 Å². The van der Waals surface area contributed by atoms with Gasteiger partial charge in [0.2, 0.25) is 16.6 Å². The second kappa shape index (κ2) is 14.1. The predicted octanol–water partition coefficient (Wildman–Crippen LogP) is 11.2. The van der Waals surface area contributed by atoms with Crippen LogP contribution < -0.4 is 18.3 Å². The van der Waals surface area contributed by atoms with Gasteiger partial charge in [0.15, 0.2) is 5.79 Å². The van der Waals surface area contributed by atoms with E-state index in [1.54, 1.807) is 7.11 Å². The van der Waals surface area contributed by atoms with Crippen LogP contribution in [0.25, 0.3) is 0 Å². The highest BCUT2D eigenvalue weighted by molar-refractivity contribution is 6.75. The van der Waals surface area contributed by atoms with Gasteiger partial charge in [-0.2, -0.15) is 0 Å². The van der Waals surface area contributed by atoms with Crippen molar-refractivity contribution < 1.29 is 27.8 Å². The van der Waals surface area contributed by atoms with Gasteiger partial charge < -0.3 is 27.8 Å². The molecule has 0 aliphatic carbocycles. The highest BCUT2D eigenvalue weighted by Crippen LogP contribution is 2.51. The van der Waals surface area contributed by atoms with Crippen LogP contribution in [0.3, 0.4) is 0 Å². The van der Waals surface area contributed by atoms with Gasteiger partial charge in [-0.15, -0.1) is 0 Å². The SMILES string of the molecule is COc1ccc(OCC[C@H]2O[C@@]3(CC[C@H](C)[C@@H](c4cc(O[Si](C)(C)C(C)(C)C)cc(O[Si](C)(C)C(C)(C)C)c4)O3)[C@@H](C)C[C@@H]2C)cc1. The zero-order valence-electron chi connectivity index (χ0n) is 31.9. The van der Waals surface area contributed by atoms with Gasteiger partial charge in [-0.25, -0.2) is 0 Å². The average Bonchev–Trinajstić information content (AvgIpc) is 2.95. The summed E-state index contributed by atoms with van der Waals surface area (Å²) in [5.74, 6) is 3.84. The Morgan fingerprint density at radius 2 is 1.28 bits per heavy atom. The third-order valence-electron chi connectivity index (χ3n) is 11.6. The zero-order valence-corrected chi connectivity index (χ0v) is 33.9. The lowest BCUT2D eigenvalue weighted by atomic mass is 9.77. The quantitative estimate of drug-likeness (QED) is 0.232. The van der Waals surface area contributed by atoms with Crippen LogP contribution in [0.5, 0.6) is 23.0 Å². The lowest BCUT2D eigenvalue weighted by Gasteiger charge is -2.53. The number of hydrogen-bond donors (Lipinski definition) is 0. The Balaban J connectivity index is 1.60. The Bertz CT molecular complexity index is 1280. The summed E-state index contributed by atoms with van der Waals surface area (Å²) < 4.78 is 39.5. The van der Waals surface area contributed by atoms with Crippen molar-refractivity contribution in [2.24, 2.45) is 17.8 Å². The van der Waals surface area contributed by atoms with E-state index in [-0.39, 0.29) is 28.2 Å². The van der Waals surface area contributed by atoms with Crippen molar-refractivity contribution in [1.82, 2.24) is 0 Å². The monoisotopic (exact) mass is 684 g/mol. The van der Waals surface area contributed by atoms with Crippen LogP contribution in [-0.4, -0.2) is 42.2 Å². The summed E-state index contributed by atoms with van der Waals surface area (Å²) in [6.07, 6.45) is 3.73. The Labute approximate surface area is 288 Å². The molecule has 8 heteroatoms. The first-order valence-electron chi connectivity index (χ1n) is 17.8. The first-order chi connectivity index (χ1) is 21.7. The van der Waals surface area contributed by atoms with Crippen molar-refractivity contribution in [3.8, 4) is 23.0 Å². The maximum absolute atomic E-state index is 7.23. The molecular weight excluding hydrogens is 621 g/mol. The first kappa shape index (κ1) is 37.8. The summed E-state index contributed by atoms with van der Waals surface area (Å²) in [7, 11) is -2.50. The van der Waals surface area contributed by atoms with Gasteiger partial charge in [0, 0.05) is 24.8 Å². The lowest BCUT2D eigenvalue weighted by Crippen LogP contribution is -2.55. The van der Waals surface area contributed by atoms with Gasteiger partial charge >= 0.3 is 0 Å². The van der Waals surface area contributed by atoms with Gasteiger partial charge in [0.05, 0.1) is 25.9 Å². The smallest absolute Gasteiger partial charge is 0.250 e. The summed E-state index contributed by atoms with van der Waals surface area (Å²) in [4.78, 5) is 0. The molecule has 0 radical (unpaired) electrons. The Morgan fingerprint density at radius 3 is 1.79 bits per heavy atom. The van der Waals surface area contributed by atoms with Crippen molar-refractivity contribution >= 4 is 16.6 Å². The van der Waals surface area contributed by atoms with Crippen molar-refractivity contribution in [1.29, 1.82) is 0 Å². The third kappa shape index (κ3) is 8.78. The summed E-state index contributed by atoms with van der Waals surface area (Å²) in [6, 6.07) is 14.3. The first-order valence-corrected chi connectivity index (χ1v) is 23.6. The molecule has 0 unspecified atom stereocenters. The van der Waals surface area contributed by atoms with E-state index in [0.29, 0.717) is 18.4 Å². The normalized spacial score (nSPS) is 27.4. The minimum Gasteiger partial charge on any atom is -0.543 e. The molecule has 2 saturated heterocycles. The predicted molar refractivity (Wildman–Crippen MR) is 198 cm³/mol. The van der Waals surface area contributed by atoms with Crippen LogP contribution in [0.2, 0.25) is 36.3 Å². The molecule has 6 nitrogen and oxygen atoms in total. The zero-order chi connectivity index (χ0) is 35.0.